The van der Waals surface area contributed by atoms with Gasteiger partial charge in [0.15, 0.2) is 0 Å². The van der Waals surface area contributed by atoms with E-state index in [1.54, 1.807) is 0 Å². The fourth-order valence-electron chi connectivity index (χ4n) is 2.49. The van der Waals surface area contributed by atoms with Crippen LogP contribution in [-0.2, 0) is 16.2 Å². The number of sulfonamides is 1. The normalized spacial score (nSPS) is 23.4. The molecule has 2 rings (SSSR count). The van der Waals surface area contributed by atoms with E-state index in [1.165, 1.54) is 4.31 Å². The van der Waals surface area contributed by atoms with Crippen LogP contribution in [0.2, 0.25) is 5.02 Å². The highest BCUT2D eigenvalue weighted by molar-refractivity contribution is 7.89. The van der Waals surface area contributed by atoms with Crippen molar-refractivity contribution >= 4 is 34.0 Å². The van der Waals surface area contributed by atoms with E-state index in [-0.39, 0.29) is 42.6 Å². The molecule has 1 aromatic carbocycles. The summed E-state index contributed by atoms with van der Waals surface area (Å²) < 4.78 is 64.8. The van der Waals surface area contributed by atoms with Crippen molar-refractivity contribution in [3.05, 3.63) is 28.8 Å². The molecule has 1 fully saturated rings. The number of halogens is 5. The zero-order valence-corrected chi connectivity index (χ0v) is 14.8. The quantitative estimate of drug-likeness (QED) is 0.840. The third-order valence-electron chi connectivity index (χ3n) is 3.40. The van der Waals surface area contributed by atoms with Gasteiger partial charge in [0.1, 0.15) is 4.90 Å². The molecule has 0 spiro atoms. The monoisotopic (exact) mass is 392 g/mol. The topological polar surface area (TPSA) is 49.4 Å². The van der Waals surface area contributed by atoms with Crippen LogP contribution in [0.25, 0.3) is 0 Å². The Kier molecular flexibility index (Phi) is 6.37. The Balaban J connectivity index is 0.00000264. The summed E-state index contributed by atoms with van der Waals surface area (Å²) in [5.74, 6) is 0. The second kappa shape index (κ2) is 7.14. The highest BCUT2D eigenvalue weighted by Gasteiger charge is 2.36. The molecule has 1 aliphatic rings. The molecule has 0 aromatic heterocycles. The minimum atomic E-state index is -4.63. The summed E-state index contributed by atoms with van der Waals surface area (Å²) >= 11 is 5.83. The minimum absolute atomic E-state index is 0. The number of benzene rings is 1. The van der Waals surface area contributed by atoms with Crippen molar-refractivity contribution in [2.75, 3.05) is 13.1 Å². The van der Waals surface area contributed by atoms with Crippen LogP contribution in [0, 0.1) is 0 Å². The molecule has 0 radical (unpaired) electrons. The van der Waals surface area contributed by atoms with Gasteiger partial charge < -0.3 is 5.32 Å². The Bertz CT molecular complexity index is 658. The molecule has 1 saturated heterocycles. The van der Waals surface area contributed by atoms with Gasteiger partial charge in [-0.3, -0.25) is 0 Å². The first-order valence-corrected chi connectivity index (χ1v) is 8.46. The van der Waals surface area contributed by atoms with E-state index < -0.39 is 26.7 Å². The van der Waals surface area contributed by atoms with Crippen molar-refractivity contribution in [1.29, 1.82) is 0 Å². The lowest BCUT2D eigenvalue weighted by Gasteiger charge is -2.35. The Morgan fingerprint density at radius 1 is 1.22 bits per heavy atom. The molecular weight excluding hydrogens is 376 g/mol. The number of nitrogens with zero attached hydrogens (tertiary/aromatic N) is 1. The predicted molar refractivity (Wildman–Crippen MR) is 84.5 cm³/mol. The highest BCUT2D eigenvalue weighted by Crippen LogP contribution is 2.34. The summed E-state index contributed by atoms with van der Waals surface area (Å²) in [5, 5.41) is 2.95. The largest absolute Gasteiger partial charge is 0.416 e. The van der Waals surface area contributed by atoms with Crippen LogP contribution in [0.15, 0.2) is 23.1 Å². The fraction of sp³-hybridized carbons (Fsp3) is 0.538. The Labute approximate surface area is 144 Å². The lowest BCUT2D eigenvalue weighted by molar-refractivity contribution is -0.137. The standard InChI is InChI=1S/C13H16ClF3N2O2S.ClH/c1-8-6-19(7-9(2)18-8)22(20,21)12-5-10(13(15,16)17)3-4-11(12)14;/h3-5,8-9,18H,6-7H2,1-2H3;1H. The first-order valence-electron chi connectivity index (χ1n) is 6.64. The highest BCUT2D eigenvalue weighted by atomic mass is 35.5. The van der Waals surface area contributed by atoms with Crippen molar-refractivity contribution in [3.63, 3.8) is 0 Å². The van der Waals surface area contributed by atoms with Gasteiger partial charge in [-0.05, 0) is 32.0 Å². The number of alkyl halides is 3. The van der Waals surface area contributed by atoms with Crippen molar-refractivity contribution < 1.29 is 21.6 Å². The third-order valence-corrected chi connectivity index (χ3v) is 5.71. The second-order valence-electron chi connectivity index (χ2n) is 5.43. The summed E-state index contributed by atoms with van der Waals surface area (Å²) in [4.78, 5) is -0.509. The molecule has 0 aliphatic carbocycles. The van der Waals surface area contributed by atoms with Crippen LogP contribution in [0.5, 0.6) is 0 Å². The second-order valence-corrected chi connectivity index (χ2v) is 7.75. The van der Waals surface area contributed by atoms with Crippen LogP contribution in [-0.4, -0.2) is 37.9 Å². The number of rotatable bonds is 2. The van der Waals surface area contributed by atoms with Gasteiger partial charge >= 0.3 is 6.18 Å². The molecule has 1 aromatic rings. The molecule has 2 atom stereocenters. The van der Waals surface area contributed by atoms with E-state index in [0.29, 0.717) is 6.07 Å². The van der Waals surface area contributed by atoms with Crippen LogP contribution in [0.1, 0.15) is 19.4 Å². The molecule has 1 N–H and O–H groups in total. The zero-order valence-electron chi connectivity index (χ0n) is 12.4. The molecular formula is C13H17Cl2F3N2O2S. The van der Waals surface area contributed by atoms with Gasteiger partial charge in [0.25, 0.3) is 0 Å². The summed E-state index contributed by atoms with van der Waals surface area (Å²) in [6, 6.07) is 2.14. The summed E-state index contributed by atoms with van der Waals surface area (Å²) in [7, 11) is -4.08. The van der Waals surface area contributed by atoms with Crippen LogP contribution in [0.4, 0.5) is 13.2 Å². The molecule has 2 unspecified atom stereocenters. The predicted octanol–water partition coefficient (Wildman–Crippen LogP) is 3.15. The molecule has 0 bridgehead atoms. The van der Waals surface area contributed by atoms with Gasteiger partial charge in [-0.25, -0.2) is 8.42 Å². The maximum Gasteiger partial charge on any atom is 0.416 e. The first-order chi connectivity index (χ1) is 10.0. The first kappa shape index (κ1) is 20.5. The Hall–Kier alpha value is -0.540. The summed E-state index contributed by atoms with van der Waals surface area (Å²) in [6.07, 6.45) is -4.63. The fourth-order valence-corrected chi connectivity index (χ4v) is 4.61. The van der Waals surface area contributed by atoms with Gasteiger partial charge in [-0.15, -0.1) is 12.4 Å². The van der Waals surface area contributed by atoms with E-state index in [2.05, 4.69) is 5.32 Å². The van der Waals surface area contributed by atoms with Gasteiger partial charge in [-0.2, -0.15) is 17.5 Å². The molecule has 10 heteroatoms. The number of piperazine rings is 1. The Morgan fingerprint density at radius 3 is 2.22 bits per heavy atom. The smallest absolute Gasteiger partial charge is 0.309 e. The van der Waals surface area contributed by atoms with Gasteiger partial charge in [0.2, 0.25) is 10.0 Å². The van der Waals surface area contributed by atoms with Gasteiger partial charge in [0, 0.05) is 25.2 Å². The van der Waals surface area contributed by atoms with Crippen molar-refractivity contribution in [1.82, 2.24) is 9.62 Å². The van der Waals surface area contributed by atoms with E-state index in [4.69, 9.17) is 11.6 Å². The number of nitrogens with one attached hydrogen (secondary N) is 1. The Morgan fingerprint density at radius 2 is 1.74 bits per heavy atom. The molecule has 0 amide bonds. The maximum atomic E-state index is 12.8. The van der Waals surface area contributed by atoms with E-state index in [9.17, 15) is 21.6 Å². The van der Waals surface area contributed by atoms with Crippen molar-refractivity contribution in [2.45, 2.75) is 37.0 Å². The van der Waals surface area contributed by atoms with E-state index in [0.717, 1.165) is 12.1 Å². The zero-order chi connectivity index (χ0) is 16.7. The van der Waals surface area contributed by atoms with Crippen molar-refractivity contribution in [3.8, 4) is 0 Å². The molecule has 132 valence electrons. The SMILES string of the molecule is CC1CN(S(=O)(=O)c2cc(C(F)(F)F)ccc2Cl)CC(C)N1.Cl. The molecule has 1 aliphatic heterocycles. The van der Waals surface area contributed by atoms with Crippen LogP contribution >= 0.6 is 24.0 Å². The molecule has 23 heavy (non-hydrogen) atoms. The van der Waals surface area contributed by atoms with Gasteiger partial charge in [0.05, 0.1) is 10.6 Å². The van der Waals surface area contributed by atoms with Crippen LogP contribution < -0.4 is 5.32 Å². The molecule has 1 heterocycles. The number of hydrogen-bond donors (Lipinski definition) is 1. The molecule has 0 saturated carbocycles. The van der Waals surface area contributed by atoms with E-state index in [1.807, 2.05) is 13.8 Å². The van der Waals surface area contributed by atoms with Crippen molar-refractivity contribution in [2.24, 2.45) is 0 Å². The number of hydrogen-bond acceptors (Lipinski definition) is 3. The average Bonchev–Trinajstić information content (AvgIpc) is 2.36. The van der Waals surface area contributed by atoms with Crippen LogP contribution in [0.3, 0.4) is 0 Å². The lowest BCUT2D eigenvalue weighted by Crippen LogP contribution is -2.55. The summed E-state index contributed by atoms with van der Waals surface area (Å²) in [6.45, 7) is 3.98. The van der Waals surface area contributed by atoms with Gasteiger partial charge in [-0.1, -0.05) is 11.6 Å². The minimum Gasteiger partial charge on any atom is -0.309 e. The average molecular weight is 393 g/mol. The van der Waals surface area contributed by atoms with E-state index >= 15 is 0 Å². The maximum absolute atomic E-state index is 12.8. The molecule has 4 nitrogen and oxygen atoms in total. The lowest BCUT2D eigenvalue weighted by atomic mass is 10.2. The summed E-state index contributed by atoms with van der Waals surface area (Å²) in [5.41, 5.74) is -1.04. The third kappa shape index (κ3) is 4.51.